The molecule has 0 heterocycles. The van der Waals surface area contributed by atoms with Gasteiger partial charge in [-0.25, -0.2) is 0 Å². The lowest BCUT2D eigenvalue weighted by Gasteiger charge is -1.79. The molecule has 2 unspecified atom stereocenters. The number of hydrogen-bond acceptors (Lipinski definition) is 2. The summed E-state index contributed by atoms with van der Waals surface area (Å²) < 4.78 is 14.2. The van der Waals surface area contributed by atoms with E-state index in [0.717, 1.165) is 0 Å². The Bertz CT molecular complexity index is 44.1. The first-order valence-electron chi connectivity index (χ1n) is 1.13. The predicted molar refractivity (Wildman–Crippen MR) is 31.6 cm³/mol. The highest BCUT2D eigenvalue weighted by Gasteiger charge is 1.64. The minimum Gasteiger partial charge on any atom is -0.263 e. The van der Waals surface area contributed by atoms with Gasteiger partial charge in [0.15, 0.2) is 0 Å². The molecule has 0 bridgehead atoms. The quantitative estimate of drug-likeness (QED) is 0.588. The maximum atomic E-state index is 10.9. The Hall–Kier alpha value is 0.850. The number of nitrogens with zero attached hydrogens (tertiary/aromatic N) is 1. The Labute approximate surface area is 41.4 Å². The molecule has 2 nitrogen and oxygen atoms in total. The highest BCUT2D eigenvalue weighted by molar-refractivity contribution is 7.47. The third kappa shape index (κ3) is 4.85. The maximum Gasteiger partial charge on any atom is 0.229 e. The molecule has 0 saturated heterocycles. The van der Waals surface area contributed by atoms with E-state index in [1.807, 2.05) is 0 Å². The summed E-state index contributed by atoms with van der Waals surface area (Å²) in [4.78, 5) is 2.60. The van der Waals surface area contributed by atoms with Crippen molar-refractivity contribution < 1.29 is 4.20 Å². The van der Waals surface area contributed by atoms with Crippen LogP contribution in [0.1, 0.15) is 0 Å². The van der Waals surface area contributed by atoms with Crippen LogP contribution in [0.4, 0.5) is 4.20 Å². The van der Waals surface area contributed by atoms with Crippen molar-refractivity contribution in [2.24, 2.45) is 4.52 Å². The van der Waals surface area contributed by atoms with Crippen molar-refractivity contribution in [1.82, 2.24) is 4.86 Å². The summed E-state index contributed by atoms with van der Waals surface area (Å²) in [6.07, 6.45) is 0. The van der Waals surface area contributed by atoms with Gasteiger partial charge in [-0.2, -0.15) is 8.71 Å². The molecular weight excluding hydrogens is 140 g/mol. The topological polar surface area (TPSA) is 24.4 Å². The first-order chi connectivity index (χ1) is 2.91. The second-order valence-electron chi connectivity index (χ2n) is 0.432. The molecule has 0 aliphatic carbocycles. The average Bonchev–Trinajstić information content (AvgIpc) is 1.61. The molecule has 2 atom stereocenters. The van der Waals surface area contributed by atoms with Gasteiger partial charge in [0.2, 0.25) is 8.68 Å². The normalized spacial score (nSPS) is 12.3. The summed E-state index contributed by atoms with van der Waals surface area (Å²) in [5.74, 6) is 0. The third-order valence-electron chi connectivity index (χ3n) is 0.152. The summed E-state index contributed by atoms with van der Waals surface area (Å²) in [6, 6.07) is 0. The zero-order valence-electron chi connectivity index (χ0n) is 2.85. The van der Waals surface area contributed by atoms with Crippen LogP contribution in [0.3, 0.4) is 0 Å². The second-order valence-corrected chi connectivity index (χ2v) is 2.76. The molecule has 0 aliphatic rings. The molecule has 0 radical (unpaired) electrons. The molecule has 36 valence electrons. The summed E-state index contributed by atoms with van der Waals surface area (Å²) in [5.41, 5.74) is 0. The van der Waals surface area contributed by atoms with Gasteiger partial charge in [0.1, 0.15) is 0 Å². The van der Waals surface area contributed by atoms with Gasteiger partial charge in [-0.1, -0.05) is 9.39 Å². The van der Waals surface area contributed by atoms with Crippen molar-refractivity contribution in [3.8, 4) is 0 Å². The Balaban J connectivity index is 2.66. The number of halogens is 1. The van der Waals surface area contributed by atoms with E-state index in [4.69, 9.17) is 0 Å². The lowest BCUT2D eigenvalue weighted by Crippen LogP contribution is -1.64. The van der Waals surface area contributed by atoms with Crippen LogP contribution in [-0.2, 0) is 0 Å². The van der Waals surface area contributed by atoms with E-state index in [2.05, 4.69) is 18.8 Å². The van der Waals surface area contributed by atoms with Crippen LogP contribution in [0.2, 0.25) is 0 Å². The Morgan fingerprint density at radius 3 is 2.83 bits per heavy atom. The molecule has 0 aromatic heterocycles. The van der Waals surface area contributed by atoms with Gasteiger partial charge in [0.25, 0.3) is 0 Å². The van der Waals surface area contributed by atoms with E-state index < -0.39 is 8.68 Å². The Morgan fingerprint density at radius 2 is 2.67 bits per heavy atom. The Morgan fingerprint density at radius 1 is 2.00 bits per heavy atom. The van der Waals surface area contributed by atoms with Crippen molar-refractivity contribution >= 4 is 27.0 Å². The Kier molecular flexibility index (Phi) is 6.68. The fourth-order valence-electron chi connectivity index (χ4n) is 0.0478. The fourth-order valence-corrected chi connectivity index (χ4v) is 0.950. The minimum absolute atomic E-state index is 0.166. The molecule has 0 spiro atoms. The van der Waals surface area contributed by atoms with Gasteiger partial charge in [-0.3, -0.25) is 4.86 Å². The molecule has 0 fully saturated rings. The summed E-state index contributed by atoms with van der Waals surface area (Å²) >= 11 is 0. The van der Waals surface area contributed by atoms with Crippen molar-refractivity contribution in [3.63, 3.8) is 0 Å². The van der Waals surface area contributed by atoms with E-state index >= 15 is 0 Å². The standard InChI is InChI=1S/FH4N2P3/c1-5-3-6-2-4/h2,6H,4H2. The minimum atomic E-state index is -0.393. The van der Waals surface area contributed by atoms with E-state index in [1.165, 1.54) is 0 Å². The van der Waals surface area contributed by atoms with E-state index in [1.54, 1.807) is 0 Å². The molecule has 0 aromatic rings. The zero-order valence-corrected chi connectivity index (χ0v) is 5.90. The number of rotatable bonds is 2. The second kappa shape index (κ2) is 5.85. The highest BCUT2D eigenvalue weighted by atomic mass is 31.1. The van der Waals surface area contributed by atoms with Crippen LogP contribution >= 0.6 is 27.0 Å². The monoisotopic (exact) mass is 144 g/mol. The van der Waals surface area contributed by atoms with Crippen LogP contribution in [-0.4, -0.2) is 0 Å². The molecule has 6 heavy (non-hydrogen) atoms. The van der Waals surface area contributed by atoms with Crippen molar-refractivity contribution in [2.45, 2.75) is 0 Å². The van der Waals surface area contributed by atoms with Crippen LogP contribution in [0, 0.1) is 0 Å². The summed E-state index contributed by atoms with van der Waals surface area (Å²) in [6.45, 7) is 0. The largest absolute Gasteiger partial charge is 0.263 e. The van der Waals surface area contributed by atoms with Gasteiger partial charge < -0.3 is 0 Å². The van der Waals surface area contributed by atoms with Crippen LogP contribution in [0.5, 0.6) is 0 Å². The van der Waals surface area contributed by atoms with Gasteiger partial charge in [-0.15, -0.1) is 0 Å². The van der Waals surface area contributed by atoms with E-state index in [0.29, 0.717) is 0 Å². The SMILES string of the molecule is FP=NPNP. The smallest absolute Gasteiger partial charge is 0.229 e. The van der Waals surface area contributed by atoms with Crippen LogP contribution < -0.4 is 4.86 Å². The molecule has 1 N–H and O–H groups in total. The van der Waals surface area contributed by atoms with Crippen LogP contribution in [0.15, 0.2) is 4.52 Å². The zero-order chi connectivity index (χ0) is 4.83. The average molecular weight is 144 g/mol. The molecule has 0 amide bonds. The summed E-state index contributed by atoms with van der Waals surface area (Å²) in [5, 5.41) is 0. The summed E-state index contributed by atoms with van der Waals surface area (Å²) in [7, 11) is 2.00. The first-order valence-corrected chi connectivity index (χ1v) is 3.39. The molecular formula is H4FN2P3. The van der Waals surface area contributed by atoms with E-state index in [9.17, 15) is 4.20 Å². The molecule has 0 aromatic carbocycles. The highest BCUT2D eigenvalue weighted by Crippen LogP contribution is 2.15. The molecule has 0 aliphatic heterocycles. The molecule has 6 heteroatoms. The molecule has 0 saturated carbocycles. The number of hydrogen-bond donors (Lipinski definition) is 1. The predicted octanol–water partition coefficient (Wildman–Crippen LogP) is 1.89. The van der Waals surface area contributed by atoms with Crippen molar-refractivity contribution in [3.05, 3.63) is 0 Å². The van der Waals surface area contributed by atoms with Crippen molar-refractivity contribution in [1.29, 1.82) is 0 Å². The fraction of sp³-hybridized carbons (Fsp3) is 0. The van der Waals surface area contributed by atoms with Crippen molar-refractivity contribution in [2.75, 3.05) is 0 Å². The maximum absolute atomic E-state index is 10.9. The first kappa shape index (κ1) is 6.85. The number of nitrogens with one attached hydrogen (secondary N) is 1. The van der Waals surface area contributed by atoms with Gasteiger partial charge >= 0.3 is 0 Å². The van der Waals surface area contributed by atoms with E-state index in [-0.39, 0.29) is 8.88 Å². The van der Waals surface area contributed by atoms with Gasteiger partial charge in [-0.05, 0) is 0 Å². The van der Waals surface area contributed by atoms with Crippen LogP contribution in [0.25, 0.3) is 0 Å². The molecule has 0 rings (SSSR count). The van der Waals surface area contributed by atoms with Gasteiger partial charge in [0.05, 0.1) is 8.88 Å². The third-order valence-corrected chi connectivity index (χ3v) is 1.37. The lowest BCUT2D eigenvalue weighted by atomic mass is 13.8. The van der Waals surface area contributed by atoms with Gasteiger partial charge in [0, 0.05) is 0 Å². The lowest BCUT2D eigenvalue weighted by molar-refractivity contribution is 0.930.